The lowest BCUT2D eigenvalue weighted by Gasteiger charge is -2.22. The van der Waals surface area contributed by atoms with E-state index < -0.39 is 0 Å². The van der Waals surface area contributed by atoms with Gasteiger partial charge in [0.2, 0.25) is 0 Å². The fourth-order valence-corrected chi connectivity index (χ4v) is 5.19. The third-order valence-corrected chi connectivity index (χ3v) is 6.58. The highest BCUT2D eigenvalue weighted by Crippen LogP contribution is 2.30. The largest absolute Gasteiger partial charge is 0.350 e. The van der Waals surface area contributed by atoms with Gasteiger partial charge in [-0.05, 0) is 80.5 Å². The van der Waals surface area contributed by atoms with Crippen LogP contribution >= 0.6 is 11.3 Å². The molecule has 1 aliphatic carbocycles. The maximum atomic E-state index is 12.3. The SMILES string of the molecule is O=C(NCCc1csc2c1CCCC2)c1cn(C[C@@H]2CCCNC2)nn1. The zero-order valence-electron chi connectivity index (χ0n) is 15.2. The summed E-state index contributed by atoms with van der Waals surface area (Å²) >= 11 is 1.88. The molecule has 1 atom stereocenters. The van der Waals surface area contributed by atoms with Gasteiger partial charge in [-0.15, -0.1) is 16.4 Å². The van der Waals surface area contributed by atoms with Gasteiger partial charge in [-0.25, -0.2) is 0 Å². The smallest absolute Gasteiger partial charge is 0.273 e. The Morgan fingerprint density at radius 1 is 1.35 bits per heavy atom. The first-order valence-corrected chi connectivity index (χ1v) is 10.6. The van der Waals surface area contributed by atoms with Gasteiger partial charge < -0.3 is 10.6 Å². The second-order valence-corrected chi connectivity index (χ2v) is 8.38. The average Bonchev–Trinajstić information content (AvgIpc) is 3.30. The Morgan fingerprint density at radius 3 is 3.15 bits per heavy atom. The summed E-state index contributed by atoms with van der Waals surface area (Å²) in [5.41, 5.74) is 3.38. The fourth-order valence-electron chi connectivity index (χ4n) is 4.01. The summed E-state index contributed by atoms with van der Waals surface area (Å²) in [6, 6.07) is 0. The molecule has 0 spiro atoms. The van der Waals surface area contributed by atoms with Gasteiger partial charge in [0.15, 0.2) is 5.69 Å². The van der Waals surface area contributed by atoms with E-state index in [0.29, 0.717) is 18.2 Å². The molecule has 2 aromatic heterocycles. The van der Waals surface area contributed by atoms with Crippen molar-refractivity contribution in [2.45, 2.75) is 51.5 Å². The number of piperidine rings is 1. The van der Waals surface area contributed by atoms with E-state index in [1.807, 2.05) is 16.0 Å². The minimum Gasteiger partial charge on any atom is -0.350 e. The van der Waals surface area contributed by atoms with Crippen molar-refractivity contribution in [3.05, 3.63) is 33.3 Å². The van der Waals surface area contributed by atoms with Crippen LogP contribution in [-0.4, -0.2) is 40.5 Å². The Balaban J connectivity index is 1.26. The molecule has 1 amide bonds. The first-order valence-electron chi connectivity index (χ1n) is 9.77. The van der Waals surface area contributed by atoms with Gasteiger partial charge in [0.25, 0.3) is 5.91 Å². The summed E-state index contributed by atoms with van der Waals surface area (Å²) in [4.78, 5) is 13.9. The van der Waals surface area contributed by atoms with Crippen LogP contribution in [0.3, 0.4) is 0 Å². The molecule has 2 aromatic rings. The summed E-state index contributed by atoms with van der Waals surface area (Å²) in [7, 11) is 0. The first kappa shape index (κ1) is 17.7. The molecular weight excluding hydrogens is 346 g/mol. The van der Waals surface area contributed by atoms with Gasteiger partial charge >= 0.3 is 0 Å². The van der Waals surface area contributed by atoms with E-state index in [0.717, 1.165) is 26.1 Å². The van der Waals surface area contributed by atoms with Crippen molar-refractivity contribution in [2.75, 3.05) is 19.6 Å². The van der Waals surface area contributed by atoms with E-state index in [9.17, 15) is 4.79 Å². The van der Waals surface area contributed by atoms with Gasteiger partial charge in [0.05, 0.1) is 6.20 Å². The molecule has 6 nitrogen and oxygen atoms in total. The molecule has 0 aromatic carbocycles. The maximum absolute atomic E-state index is 12.3. The van der Waals surface area contributed by atoms with E-state index in [1.165, 1.54) is 44.1 Å². The molecule has 2 N–H and O–H groups in total. The lowest BCUT2D eigenvalue weighted by molar-refractivity contribution is 0.0949. The lowest BCUT2D eigenvalue weighted by Crippen LogP contribution is -2.32. The van der Waals surface area contributed by atoms with Crippen LogP contribution < -0.4 is 10.6 Å². The van der Waals surface area contributed by atoms with Crippen molar-refractivity contribution in [2.24, 2.45) is 5.92 Å². The number of carbonyl (C=O) groups excluding carboxylic acids is 1. The highest BCUT2D eigenvalue weighted by atomic mass is 32.1. The number of hydrogen-bond acceptors (Lipinski definition) is 5. The van der Waals surface area contributed by atoms with Gasteiger partial charge in [-0.3, -0.25) is 9.48 Å². The number of aromatic nitrogens is 3. The second-order valence-electron chi connectivity index (χ2n) is 7.41. The van der Waals surface area contributed by atoms with Crippen molar-refractivity contribution in [3.8, 4) is 0 Å². The maximum Gasteiger partial charge on any atom is 0.273 e. The van der Waals surface area contributed by atoms with E-state index >= 15 is 0 Å². The highest BCUT2D eigenvalue weighted by molar-refractivity contribution is 7.10. The number of amides is 1. The van der Waals surface area contributed by atoms with Gasteiger partial charge in [0, 0.05) is 18.0 Å². The number of fused-ring (bicyclic) bond motifs is 1. The Hall–Kier alpha value is -1.73. The number of nitrogens with zero attached hydrogens (tertiary/aromatic N) is 3. The van der Waals surface area contributed by atoms with E-state index in [4.69, 9.17) is 0 Å². The molecule has 0 saturated carbocycles. The fraction of sp³-hybridized carbons (Fsp3) is 0.632. The van der Waals surface area contributed by atoms with E-state index in [-0.39, 0.29) is 5.91 Å². The number of nitrogens with one attached hydrogen (secondary N) is 2. The molecule has 7 heteroatoms. The van der Waals surface area contributed by atoms with Gasteiger partial charge in [0.1, 0.15) is 0 Å². The number of carbonyl (C=O) groups is 1. The van der Waals surface area contributed by atoms with Gasteiger partial charge in [-0.2, -0.15) is 0 Å². The molecule has 2 aliphatic rings. The van der Waals surface area contributed by atoms with Crippen molar-refractivity contribution < 1.29 is 4.79 Å². The highest BCUT2D eigenvalue weighted by Gasteiger charge is 2.17. The van der Waals surface area contributed by atoms with Crippen LogP contribution in [0.5, 0.6) is 0 Å². The van der Waals surface area contributed by atoms with Gasteiger partial charge in [-0.1, -0.05) is 5.21 Å². The molecule has 0 unspecified atom stereocenters. The standard InChI is InChI=1S/C19H27N5OS/c25-19(17-12-24(23-22-17)11-14-4-3-8-20-10-14)21-9-7-15-13-26-18-6-2-1-5-16(15)18/h12-14,20H,1-11H2,(H,21,25)/t14-/m1/s1. The molecule has 1 fully saturated rings. The molecule has 26 heavy (non-hydrogen) atoms. The van der Waals surface area contributed by atoms with Crippen LogP contribution in [0.15, 0.2) is 11.6 Å². The van der Waals surface area contributed by atoms with E-state index in [2.05, 4.69) is 26.3 Å². The molecule has 1 saturated heterocycles. The monoisotopic (exact) mass is 373 g/mol. The summed E-state index contributed by atoms with van der Waals surface area (Å²) in [5.74, 6) is 0.452. The molecule has 140 valence electrons. The van der Waals surface area contributed by atoms with Crippen LogP contribution in [0, 0.1) is 5.92 Å². The summed E-state index contributed by atoms with van der Waals surface area (Å²) in [6.07, 6.45) is 10.1. The van der Waals surface area contributed by atoms with Crippen molar-refractivity contribution in [1.29, 1.82) is 0 Å². The number of thiophene rings is 1. The summed E-state index contributed by atoms with van der Waals surface area (Å²) < 4.78 is 1.81. The van der Waals surface area contributed by atoms with E-state index in [1.54, 1.807) is 16.6 Å². The van der Waals surface area contributed by atoms with Crippen LogP contribution in [0.1, 0.15) is 52.2 Å². The minimum atomic E-state index is -0.123. The third kappa shape index (κ3) is 4.15. The lowest BCUT2D eigenvalue weighted by atomic mass is 9.95. The zero-order valence-corrected chi connectivity index (χ0v) is 16.0. The van der Waals surface area contributed by atoms with Crippen LogP contribution in [0.4, 0.5) is 0 Å². The molecule has 1 aliphatic heterocycles. The van der Waals surface area contributed by atoms with Crippen LogP contribution in [-0.2, 0) is 25.8 Å². The molecule has 0 radical (unpaired) electrons. The van der Waals surface area contributed by atoms with Crippen molar-refractivity contribution in [3.63, 3.8) is 0 Å². The van der Waals surface area contributed by atoms with Crippen LogP contribution in [0.2, 0.25) is 0 Å². The Labute approximate surface area is 158 Å². The summed E-state index contributed by atoms with van der Waals surface area (Å²) in [6.45, 7) is 3.61. The summed E-state index contributed by atoms with van der Waals surface area (Å²) in [5, 5.41) is 16.9. The number of aryl methyl sites for hydroxylation is 1. The van der Waals surface area contributed by atoms with Crippen molar-refractivity contribution >= 4 is 17.2 Å². The number of hydrogen-bond donors (Lipinski definition) is 2. The second kappa shape index (κ2) is 8.31. The first-order chi connectivity index (χ1) is 12.8. The van der Waals surface area contributed by atoms with Crippen molar-refractivity contribution in [1.82, 2.24) is 25.6 Å². The molecular formula is C19H27N5OS. The predicted octanol–water partition coefficient (Wildman–Crippen LogP) is 2.19. The Bertz CT molecular complexity index is 747. The molecule has 0 bridgehead atoms. The normalized spacial score (nSPS) is 19.9. The minimum absolute atomic E-state index is 0.123. The Kier molecular flexibility index (Phi) is 5.65. The molecule has 4 rings (SSSR count). The topological polar surface area (TPSA) is 71.8 Å². The Morgan fingerprint density at radius 2 is 2.27 bits per heavy atom. The van der Waals surface area contributed by atoms with Crippen LogP contribution in [0.25, 0.3) is 0 Å². The number of rotatable bonds is 6. The average molecular weight is 374 g/mol. The predicted molar refractivity (Wildman–Crippen MR) is 103 cm³/mol. The zero-order chi connectivity index (χ0) is 17.8. The quantitative estimate of drug-likeness (QED) is 0.814. The molecule has 3 heterocycles. The third-order valence-electron chi connectivity index (χ3n) is 5.44.